The third-order valence-electron chi connectivity index (χ3n) is 3.99. The first kappa shape index (κ1) is 18.5. The summed E-state index contributed by atoms with van der Waals surface area (Å²) in [5.74, 6) is 1.15. The fourth-order valence-electron chi connectivity index (χ4n) is 2.75. The van der Waals surface area contributed by atoms with E-state index in [1.165, 1.54) is 18.2 Å². The van der Waals surface area contributed by atoms with Gasteiger partial charge in [-0.1, -0.05) is 18.2 Å². The molecule has 1 aliphatic rings. The summed E-state index contributed by atoms with van der Waals surface area (Å²) in [5, 5.41) is 23.2. The van der Waals surface area contributed by atoms with E-state index in [2.05, 4.69) is 10.3 Å². The first-order valence-electron chi connectivity index (χ1n) is 8.42. The number of thioether (sulfide) groups is 1. The molecule has 1 saturated heterocycles. The number of rotatable bonds is 4. The molecule has 29 heavy (non-hydrogen) atoms. The van der Waals surface area contributed by atoms with Crippen LogP contribution in [0.1, 0.15) is 5.76 Å². The molecule has 9 heteroatoms. The number of nitro benzene ring substituents is 1. The second kappa shape index (κ2) is 7.64. The highest BCUT2D eigenvalue weighted by Gasteiger charge is 2.24. The van der Waals surface area contributed by atoms with Crippen LogP contribution in [-0.4, -0.2) is 21.1 Å². The minimum absolute atomic E-state index is 0.0562. The molecule has 1 fully saturated rings. The number of carbonyl (C=O) groups excluding carboxylic acids is 1. The Hall–Kier alpha value is -3.85. The van der Waals surface area contributed by atoms with Gasteiger partial charge in [-0.25, -0.2) is 4.99 Å². The van der Waals surface area contributed by atoms with Crippen molar-refractivity contribution in [3.8, 4) is 17.1 Å². The molecule has 2 heterocycles. The van der Waals surface area contributed by atoms with E-state index in [4.69, 9.17) is 4.42 Å². The van der Waals surface area contributed by atoms with Gasteiger partial charge in [0.05, 0.1) is 21.1 Å². The quantitative estimate of drug-likeness (QED) is 0.459. The summed E-state index contributed by atoms with van der Waals surface area (Å²) in [4.78, 5) is 27.5. The molecule has 2 N–H and O–H groups in total. The third-order valence-corrected chi connectivity index (χ3v) is 4.81. The average molecular weight is 407 g/mol. The SMILES string of the molecule is O=C1NC(=Nc2cccc(O)c2)/C(=C/c2ccc(-c3ccccc3[N+](=O)[O-])o2)S1. The van der Waals surface area contributed by atoms with Crippen LogP contribution in [0.2, 0.25) is 0 Å². The highest BCUT2D eigenvalue weighted by molar-refractivity contribution is 8.18. The number of nitrogens with one attached hydrogen (secondary N) is 1. The Morgan fingerprint density at radius 2 is 1.97 bits per heavy atom. The van der Waals surface area contributed by atoms with Crippen LogP contribution in [0.25, 0.3) is 17.4 Å². The Morgan fingerprint density at radius 1 is 1.14 bits per heavy atom. The Bertz CT molecular complexity index is 1180. The number of amidine groups is 1. The van der Waals surface area contributed by atoms with Crippen LogP contribution in [0.5, 0.6) is 5.75 Å². The number of furan rings is 1. The first-order valence-corrected chi connectivity index (χ1v) is 9.23. The zero-order valence-corrected chi connectivity index (χ0v) is 15.6. The molecule has 1 aromatic heterocycles. The number of carbonyl (C=O) groups is 1. The van der Waals surface area contributed by atoms with Crippen molar-refractivity contribution in [3.05, 3.63) is 81.4 Å². The molecule has 4 rings (SSSR count). The minimum Gasteiger partial charge on any atom is -0.508 e. The number of amides is 1. The number of nitro groups is 1. The van der Waals surface area contributed by atoms with E-state index >= 15 is 0 Å². The number of aromatic hydroxyl groups is 1. The summed E-state index contributed by atoms with van der Waals surface area (Å²) in [7, 11) is 0. The van der Waals surface area contributed by atoms with Crippen molar-refractivity contribution in [2.24, 2.45) is 4.99 Å². The summed E-state index contributed by atoms with van der Waals surface area (Å²) in [5.41, 5.74) is 0.789. The second-order valence-electron chi connectivity index (χ2n) is 5.98. The van der Waals surface area contributed by atoms with Crippen molar-refractivity contribution in [1.29, 1.82) is 0 Å². The monoisotopic (exact) mass is 407 g/mol. The highest BCUT2D eigenvalue weighted by Crippen LogP contribution is 2.33. The van der Waals surface area contributed by atoms with Gasteiger partial charge in [-0.3, -0.25) is 14.9 Å². The van der Waals surface area contributed by atoms with E-state index in [0.29, 0.717) is 33.5 Å². The van der Waals surface area contributed by atoms with E-state index < -0.39 is 4.92 Å². The number of phenols is 1. The van der Waals surface area contributed by atoms with Crippen LogP contribution >= 0.6 is 11.8 Å². The summed E-state index contributed by atoms with van der Waals surface area (Å²) in [6.07, 6.45) is 1.63. The molecule has 1 aliphatic heterocycles. The standard InChI is InChI=1S/C20H13N3O5S/c24-13-5-3-4-12(10-13)21-19-18(29-20(25)22-19)11-14-8-9-17(28-14)15-6-1-2-7-16(15)23(26)27/h1-11,24H,(H,21,22,25)/b18-11-. The van der Waals surface area contributed by atoms with Crippen molar-refractivity contribution >= 4 is 40.3 Å². The number of nitrogens with zero attached hydrogens (tertiary/aromatic N) is 2. The van der Waals surface area contributed by atoms with Crippen molar-refractivity contribution in [2.75, 3.05) is 0 Å². The molecular formula is C20H13N3O5S. The Kier molecular flexibility index (Phi) is 4.88. The smallest absolute Gasteiger partial charge is 0.289 e. The number of hydrogen-bond acceptors (Lipinski definition) is 7. The molecule has 0 spiro atoms. The molecule has 0 atom stereocenters. The Labute approximate surface area is 168 Å². The number of phenolic OH excluding ortho intramolecular Hbond substituents is 1. The van der Waals surface area contributed by atoms with Gasteiger partial charge < -0.3 is 14.8 Å². The molecule has 3 aromatic rings. The predicted octanol–water partition coefficient (Wildman–Crippen LogP) is 5.09. The van der Waals surface area contributed by atoms with E-state index in [9.17, 15) is 20.0 Å². The van der Waals surface area contributed by atoms with Crippen LogP contribution in [0.4, 0.5) is 16.2 Å². The Morgan fingerprint density at radius 3 is 2.76 bits per heavy atom. The largest absolute Gasteiger partial charge is 0.508 e. The van der Waals surface area contributed by atoms with Crippen LogP contribution in [-0.2, 0) is 0 Å². The fourth-order valence-corrected chi connectivity index (χ4v) is 3.47. The molecule has 144 valence electrons. The lowest BCUT2D eigenvalue weighted by molar-refractivity contribution is -0.384. The molecule has 0 unspecified atom stereocenters. The van der Waals surface area contributed by atoms with E-state index in [-0.39, 0.29) is 16.7 Å². The topological polar surface area (TPSA) is 118 Å². The van der Waals surface area contributed by atoms with E-state index in [0.717, 1.165) is 11.8 Å². The summed E-state index contributed by atoms with van der Waals surface area (Å²) >= 11 is 0.955. The Balaban J connectivity index is 1.67. The average Bonchev–Trinajstić information content (AvgIpc) is 3.28. The van der Waals surface area contributed by atoms with Crippen molar-refractivity contribution in [1.82, 2.24) is 5.32 Å². The van der Waals surface area contributed by atoms with Gasteiger partial charge in [-0.2, -0.15) is 0 Å². The number of benzene rings is 2. The lowest BCUT2D eigenvalue weighted by atomic mass is 10.1. The van der Waals surface area contributed by atoms with Gasteiger partial charge in [-0.05, 0) is 48.2 Å². The summed E-state index contributed by atoms with van der Waals surface area (Å²) < 4.78 is 5.75. The van der Waals surface area contributed by atoms with Gasteiger partial charge in [-0.15, -0.1) is 0 Å². The van der Waals surface area contributed by atoms with E-state index in [1.54, 1.807) is 48.5 Å². The van der Waals surface area contributed by atoms with Gasteiger partial charge in [0, 0.05) is 12.1 Å². The van der Waals surface area contributed by atoms with Crippen LogP contribution in [0.3, 0.4) is 0 Å². The maximum absolute atomic E-state index is 11.8. The first-order chi connectivity index (χ1) is 14.0. The predicted molar refractivity (Wildman–Crippen MR) is 110 cm³/mol. The van der Waals surface area contributed by atoms with Gasteiger partial charge in [0.25, 0.3) is 10.9 Å². The lowest BCUT2D eigenvalue weighted by Crippen LogP contribution is -2.18. The number of hydrogen-bond donors (Lipinski definition) is 2. The van der Waals surface area contributed by atoms with Gasteiger partial charge >= 0.3 is 0 Å². The fraction of sp³-hybridized carbons (Fsp3) is 0. The van der Waals surface area contributed by atoms with Gasteiger partial charge in [0.15, 0.2) is 0 Å². The third kappa shape index (κ3) is 4.04. The summed E-state index contributed by atoms with van der Waals surface area (Å²) in [6, 6.07) is 15.9. The number of para-hydroxylation sites is 1. The minimum atomic E-state index is -0.467. The molecular weight excluding hydrogens is 394 g/mol. The maximum atomic E-state index is 11.8. The maximum Gasteiger partial charge on any atom is 0.289 e. The number of aliphatic imine (C=N–C) groups is 1. The molecule has 0 radical (unpaired) electrons. The molecule has 0 aliphatic carbocycles. The zero-order valence-electron chi connectivity index (χ0n) is 14.7. The van der Waals surface area contributed by atoms with Crippen LogP contribution < -0.4 is 5.32 Å². The molecule has 1 amide bonds. The lowest BCUT2D eigenvalue weighted by Gasteiger charge is -2.00. The van der Waals surface area contributed by atoms with Gasteiger partial charge in [0.1, 0.15) is 23.1 Å². The van der Waals surface area contributed by atoms with Crippen molar-refractivity contribution < 1.29 is 19.2 Å². The van der Waals surface area contributed by atoms with E-state index in [1.807, 2.05) is 0 Å². The van der Waals surface area contributed by atoms with Crippen molar-refractivity contribution in [2.45, 2.75) is 0 Å². The van der Waals surface area contributed by atoms with Crippen molar-refractivity contribution in [3.63, 3.8) is 0 Å². The highest BCUT2D eigenvalue weighted by atomic mass is 32.2. The molecule has 2 aromatic carbocycles. The van der Waals surface area contributed by atoms with Crippen LogP contribution in [0, 0.1) is 10.1 Å². The molecule has 0 saturated carbocycles. The molecule has 8 nitrogen and oxygen atoms in total. The van der Waals surface area contributed by atoms with Crippen LogP contribution in [0.15, 0.2) is 75.0 Å². The normalized spacial score (nSPS) is 16.3. The zero-order chi connectivity index (χ0) is 20.4. The second-order valence-corrected chi connectivity index (χ2v) is 6.99. The molecule has 0 bridgehead atoms. The van der Waals surface area contributed by atoms with Gasteiger partial charge in [0.2, 0.25) is 0 Å². The summed E-state index contributed by atoms with van der Waals surface area (Å²) in [6.45, 7) is 0.